The molecule has 4 aromatic rings. The number of para-hydroxylation sites is 1. The van der Waals surface area contributed by atoms with Gasteiger partial charge in [0.2, 0.25) is 0 Å². The predicted octanol–water partition coefficient (Wildman–Crippen LogP) is 6.10. The van der Waals surface area contributed by atoms with E-state index in [1.54, 1.807) is 0 Å². The van der Waals surface area contributed by atoms with E-state index in [1.807, 2.05) is 67.0 Å². The van der Waals surface area contributed by atoms with Gasteiger partial charge in [-0.2, -0.15) is 5.26 Å². The fourth-order valence-electron chi connectivity index (χ4n) is 4.45. The summed E-state index contributed by atoms with van der Waals surface area (Å²) < 4.78 is 5.83. The minimum absolute atomic E-state index is 0.180. The number of hydrogen-bond donors (Lipinski definition) is 0. The minimum Gasteiger partial charge on any atom is -0.372 e. The number of rotatable bonds is 3. The van der Waals surface area contributed by atoms with Crippen molar-refractivity contribution >= 4 is 28.3 Å². The van der Waals surface area contributed by atoms with E-state index in [1.165, 1.54) is 0 Å². The molecule has 5 rings (SSSR count). The first kappa shape index (κ1) is 21.4. The fourth-order valence-corrected chi connectivity index (χ4v) is 4.76. The fraction of sp³-hybridized carbons (Fsp3) is 0.222. The Bertz CT molecular complexity index is 1340. The molecule has 2 atom stereocenters. The molecule has 0 bridgehead atoms. The van der Waals surface area contributed by atoms with E-state index in [0.29, 0.717) is 10.6 Å². The summed E-state index contributed by atoms with van der Waals surface area (Å²) in [5.74, 6) is 0.939. The van der Waals surface area contributed by atoms with Gasteiger partial charge in [-0.1, -0.05) is 41.9 Å². The first-order valence-corrected chi connectivity index (χ1v) is 11.4. The standard InChI is InChI=1S/C27H23ClN4O/c1-17-15-32(16-18(2)33-17)25-11-10-21(13-30-25)24-14-31-27-22(4-3-5-23(27)26(24)28)20-8-6-19(12-29)7-9-20/h3-11,13-14,17-18H,15-16H2,1-2H3. The third-order valence-electron chi connectivity index (χ3n) is 5.96. The van der Waals surface area contributed by atoms with Gasteiger partial charge in [0.15, 0.2) is 0 Å². The van der Waals surface area contributed by atoms with Crippen molar-refractivity contribution in [2.75, 3.05) is 18.0 Å². The number of nitriles is 1. The maximum absolute atomic E-state index is 9.07. The average molecular weight is 455 g/mol. The van der Waals surface area contributed by atoms with Crippen LogP contribution in [0, 0.1) is 11.3 Å². The van der Waals surface area contributed by atoms with Gasteiger partial charge in [0.1, 0.15) is 5.82 Å². The summed E-state index contributed by atoms with van der Waals surface area (Å²) in [6, 6.07) is 19.7. The molecule has 1 saturated heterocycles. The van der Waals surface area contributed by atoms with E-state index in [-0.39, 0.29) is 12.2 Å². The van der Waals surface area contributed by atoms with Gasteiger partial charge in [-0.15, -0.1) is 0 Å². The second-order valence-corrected chi connectivity index (χ2v) is 8.82. The van der Waals surface area contributed by atoms with Gasteiger partial charge in [-0.25, -0.2) is 4.98 Å². The zero-order chi connectivity index (χ0) is 22.9. The number of hydrogen-bond acceptors (Lipinski definition) is 5. The molecule has 1 aliphatic heterocycles. The number of nitrogens with zero attached hydrogens (tertiary/aromatic N) is 4. The van der Waals surface area contributed by atoms with E-state index in [2.05, 4.69) is 24.8 Å². The van der Waals surface area contributed by atoms with E-state index in [0.717, 1.165) is 52.1 Å². The Morgan fingerprint density at radius 1 is 0.909 bits per heavy atom. The monoisotopic (exact) mass is 454 g/mol. The van der Waals surface area contributed by atoms with Crippen LogP contribution in [0.1, 0.15) is 19.4 Å². The minimum atomic E-state index is 0.180. The highest BCUT2D eigenvalue weighted by Crippen LogP contribution is 2.37. The van der Waals surface area contributed by atoms with Crippen LogP contribution in [-0.2, 0) is 4.74 Å². The summed E-state index contributed by atoms with van der Waals surface area (Å²) in [7, 11) is 0. The SMILES string of the molecule is CC1CN(c2ccc(-c3cnc4c(-c5ccc(C#N)cc5)cccc4c3Cl)cn2)CC(C)O1. The molecule has 0 saturated carbocycles. The van der Waals surface area contributed by atoms with Crippen LogP contribution in [0.4, 0.5) is 5.82 Å². The van der Waals surface area contributed by atoms with Crippen LogP contribution in [0.2, 0.25) is 5.02 Å². The molecule has 164 valence electrons. The van der Waals surface area contributed by atoms with Crippen LogP contribution in [0.15, 0.2) is 67.0 Å². The molecule has 1 aliphatic rings. The summed E-state index contributed by atoms with van der Waals surface area (Å²) in [6.45, 7) is 5.83. The van der Waals surface area contributed by atoms with E-state index >= 15 is 0 Å². The Kier molecular flexibility index (Phi) is 5.72. The van der Waals surface area contributed by atoms with Crippen LogP contribution >= 0.6 is 11.6 Å². The van der Waals surface area contributed by atoms with Crippen molar-refractivity contribution in [1.29, 1.82) is 5.26 Å². The summed E-state index contributed by atoms with van der Waals surface area (Å²) in [4.78, 5) is 11.7. The molecule has 0 aliphatic carbocycles. The zero-order valence-corrected chi connectivity index (χ0v) is 19.3. The van der Waals surface area contributed by atoms with E-state index < -0.39 is 0 Å². The normalized spacial score (nSPS) is 18.3. The molecule has 0 amide bonds. The highest BCUT2D eigenvalue weighted by Gasteiger charge is 2.23. The highest BCUT2D eigenvalue weighted by atomic mass is 35.5. The molecule has 2 unspecified atom stereocenters. The first-order valence-electron chi connectivity index (χ1n) is 11.0. The van der Waals surface area contributed by atoms with E-state index in [4.69, 9.17) is 31.6 Å². The van der Waals surface area contributed by atoms with Crippen molar-refractivity contribution in [2.24, 2.45) is 0 Å². The third-order valence-corrected chi connectivity index (χ3v) is 6.37. The molecular weight excluding hydrogens is 432 g/mol. The van der Waals surface area contributed by atoms with Gasteiger partial charge < -0.3 is 9.64 Å². The number of fused-ring (bicyclic) bond motifs is 1. The first-order chi connectivity index (χ1) is 16.0. The Labute approximate surface area is 198 Å². The summed E-state index contributed by atoms with van der Waals surface area (Å²) in [5, 5.41) is 10.6. The van der Waals surface area contributed by atoms with Crippen molar-refractivity contribution in [3.05, 3.63) is 77.6 Å². The molecule has 0 spiro atoms. The second-order valence-electron chi connectivity index (χ2n) is 8.44. The van der Waals surface area contributed by atoms with Gasteiger partial charge in [0.25, 0.3) is 0 Å². The molecule has 2 aromatic heterocycles. The van der Waals surface area contributed by atoms with Crippen molar-refractivity contribution < 1.29 is 4.74 Å². The Balaban J connectivity index is 1.49. The largest absolute Gasteiger partial charge is 0.372 e. The maximum Gasteiger partial charge on any atom is 0.128 e. The van der Waals surface area contributed by atoms with Crippen LogP contribution < -0.4 is 4.90 Å². The predicted molar refractivity (Wildman–Crippen MR) is 132 cm³/mol. The third kappa shape index (κ3) is 4.16. The lowest BCUT2D eigenvalue weighted by molar-refractivity contribution is -0.00545. The van der Waals surface area contributed by atoms with Crippen molar-refractivity contribution in [1.82, 2.24) is 9.97 Å². The van der Waals surface area contributed by atoms with Crippen LogP contribution in [-0.4, -0.2) is 35.3 Å². The summed E-state index contributed by atoms with van der Waals surface area (Å²) in [5.41, 5.74) is 5.21. The molecule has 33 heavy (non-hydrogen) atoms. The van der Waals surface area contributed by atoms with Crippen molar-refractivity contribution in [3.63, 3.8) is 0 Å². The second kappa shape index (κ2) is 8.82. The van der Waals surface area contributed by atoms with Crippen molar-refractivity contribution in [2.45, 2.75) is 26.1 Å². The quantitative estimate of drug-likeness (QED) is 0.374. The van der Waals surface area contributed by atoms with Gasteiger partial charge in [0.05, 0.1) is 34.4 Å². The molecule has 5 nitrogen and oxygen atoms in total. The number of morpholine rings is 1. The smallest absolute Gasteiger partial charge is 0.128 e. The molecule has 2 aromatic carbocycles. The highest BCUT2D eigenvalue weighted by molar-refractivity contribution is 6.38. The number of halogens is 1. The molecule has 3 heterocycles. The topological polar surface area (TPSA) is 62.0 Å². The van der Waals surface area contributed by atoms with Crippen LogP contribution in [0.25, 0.3) is 33.2 Å². The number of anilines is 1. The Morgan fingerprint density at radius 3 is 2.30 bits per heavy atom. The Hall–Kier alpha value is -3.46. The molecule has 6 heteroatoms. The van der Waals surface area contributed by atoms with Gasteiger partial charge >= 0.3 is 0 Å². The lowest BCUT2D eigenvalue weighted by atomic mass is 9.99. The lowest BCUT2D eigenvalue weighted by Crippen LogP contribution is -2.45. The Morgan fingerprint density at radius 2 is 1.64 bits per heavy atom. The number of aromatic nitrogens is 2. The average Bonchev–Trinajstić information content (AvgIpc) is 2.84. The summed E-state index contributed by atoms with van der Waals surface area (Å²) in [6.07, 6.45) is 4.03. The van der Waals surface area contributed by atoms with Gasteiger partial charge in [-0.3, -0.25) is 4.98 Å². The molecule has 0 radical (unpaired) electrons. The van der Waals surface area contributed by atoms with Crippen molar-refractivity contribution in [3.8, 4) is 28.3 Å². The van der Waals surface area contributed by atoms with Crippen LogP contribution in [0.3, 0.4) is 0 Å². The number of pyridine rings is 2. The lowest BCUT2D eigenvalue weighted by Gasteiger charge is -2.36. The molecular formula is C27H23ClN4O. The van der Waals surface area contributed by atoms with Crippen LogP contribution in [0.5, 0.6) is 0 Å². The number of benzene rings is 2. The number of ether oxygens (including phenoxy) is 1. The molecule has 1 fully saturated rings. The zero-order valence-electron chi connectivity index (χ0n) is 18.5. The summed E-state index contributed by atoms with van der Waals surface area (Å²) >= 11 is 6.87. The maximum atomic E-state index is 9.07. The van der Waals surface area contributed by atoms with Gasteiger partial charge in [0, 0.05) is 47.6 Å². The van der Waals surface area contributed by atoms with Gasteiger partial charge in [-0.05, 0) is 43.7 Å². The molecule has 0 N–H and O–H groups in total. The van der Waals surface area contributed by atoms with E-state index in [9.17, 15) is 0 Å².